The molecule has 0 spiro atoms. The Labute approximate surface area is 119 Å². The lowest BCUT2D eigenvalue weighted by Gasteiger charge is -2.09. The molecule has 0 aliphatic carbocycles. The summed E-state index contributed by atoms with van der Waals surface area (Å²) in [5.41, 5.74) is 0.918. The highest BCUT2D eigenvalue weighted by atomic mass is 32.1. The van der Waals surface area contributed by atoms with Crippen molar-refractivity contribution in [3.63, 3.8) is 0 Å². The molecule has 0 bridgehead atoms. The van der Waals surface area contributed by atoms with E-state index in [1.165, 1.54) is 11.3 Å². The number of rotatable bonds is 0. The highest BCUT2D eigenvalue weighted by molar-refractivity contribution is 7.21. The molecular formula is C15H12N2O2S. The van der Waals surface area contributed by atoms with Gasteiger partial charge in [-0.15, -0.1) is 11.3 Å². The number of carbonyl (C=O) groups excluding carboxylic acids is 1. The van der Waals surface area contributed by atoms with Crippen LogP contribution in [0.1, 0.15) is 16.6 Å². The van der Waals surface area contributed by atoms with E-state index in [2.05, 4.69) is 10.3 Å². The zero-order valence-electron chi connectivity index (χ0n) is 10.8. The van der Waals surface area contributed by atoms with Gasteiger partial charge in [0.05, 0.1) is 11.6 Å². The van der Waals surface area contributed by atoms with Gasteiger partial charge in [0.15, 0.2) is 5.75 Å². The zero-order chi connectivity index (χ0) is 13.7. The van der Waals surface area contributed by atoms with Crippen LogP contribution in [0.4, 0.5) is 0 Å². The maximum absolute atomic E-state index is 12.2. The molecule has 4 nitrogen and oxygen atoms in total. The van der Waals surface area contributed by atoms with Crippen molar-refractivity contribution in [2.45, 2.75) is 13.0 Å². The lowest BCUT2D eigenvalue weighted by Crippen LogP contribution is -2.33. The average molecular weight is 284 g/mol. The minimum Gasteiger partial charge on any atom is -0.489 e. The fourth-order valence-corrected chi connectivity index (χ4v) is 3.61. The number of carbonyl (C=O) groups is 1. The topological polar surface area (TPSA) is 51.2 Å². The van der Waals surface area contributed by atoms with Crippen molar-refractivity contribution in [2.24, 2.45) is 0 Å². The molecule has 0 saturated carbocycles. The van der Waals surface area contributed by atoms with Gasteiger partial charge in [-0.3, -0.25) is 9.78 Å². The quantitative estimate of drug-likeness (QED) is 0.690. The number of thiophene rings is 1. The summed E-state index contributed by atoms with van der Waals surface area (Å²) < 4.78 is 6.95. The normalized spacial score (nSPS) is 18.4. The third-order valence-corrected chi connectivity index (χ3v) is 4.59. The summed E-state index contributed by atoms with van der Waals surface area (Å²) in [4.78, 5) is 17.2. The van der Waals surface area contributed by atoms with Crippen molar-refractivity contribution in [1.29, 1.82) is 0 Å². The lowest BCUT2D eigenvalue weighted by atomic mass is 10.1. The molecule has 0 fully saturated rings. The largest absolute Gasteiger partial charge is 0.489 e. The van der Waals surface area contributed by atoms with Crippen molar-refractivity contribution < 1.29 is 9.53 Å². The Morgan fingerprint density at radius 3 is 3.20 bits per heavy atom. The summed E-state index contributed by atoms with van der Waals surface area (Å²) in [6.07, 6.45) is 1.77. The van der Waals surface area contributed by atoms with E-state index in [9.17, 15) is 4.79 Å². The molecule has 4 rings (SSSR count). The van der Waals surface area contributed by atoms with Crippen LogP contribution in [-0.2, 0) is 0 Å². The van der Waals surface area contributed by atoms with Crippen LogP contribution >= 0.6 is 11.3 Å². The molecular weight excluding hydrogens is 272 g/mol. The van der Waals surface area contributed by atoms with Crippen LogP contribution in [0, 0.1) is 0 Å². The number of pyridine rings is 1. The number of fused-ring (bicyclic) bond motifs is 5. The SMILES string of the molecule is C[C@@H]1COc2c(sc3ccc4ncccc4c23)C(=O)N1. The van der Waals surface area contributed by atoms with Crippen LogP contribution in [-0.4, -0.2) is 23.5 Å². The Morgan fingerprint density at radius 1 is 1.40 bits per heavy atom. The Bertz CT molecular complexity index is 840. The molecule has 100 valence electrons. The van der Waals surface area contributed by atoms with Crippen LogP contribution in [0.15, 0.2) is 30.5 Å². The van der Waals surface area contributed by atoms with Crippen LogP contribution < -0.4 is 10.1 Å². The lowest BCUT2D eigenvalue weighted by molar-refractivity contribution is 0.0946. The number of nitrogens with one attached hydrogen (secondary N) is 1. The Hall–Kier alpha value is -2.14. The molecule has 1 aliphatic rings. The van der Waals surface area contributed by atoms with E-state index >= 15 is 0 Å². The van der Waals surface area contributed by atoms with Crippen LogP contribution in [0.5, 0.6) is 5.75 Å². The molecule has 1 atom stereocenters. The first-order valence-corrected chi connectivity index (χ1v) is 7.29. The molecule has 1 amide bonds. The average Bonchev–Trinajstić information content (AvgIpc) is 2.78. The predicted octanol–water partition coefficient (Wildman–Crippen LogP) is 2.96. The van der Waals surface area contributed by atoms with Gasteiger partial charge in [-0.05, 0) is 25.1 Å². The number of amides is 1. The minimum atomic E-state index is -0.0526. The standard InChI is InChI=1S/C15H12N2O2S/c1-8-7-19-13-12-9-3-2-6-16-10(9)4-5-11(12)20-14(13)15(18)17-8/h2-6,8H,7H2,1H3,(H,17,18)/t8-/m1/s1. The fraction of sp³-hybridized carbons (Fsp3) is 0.200. The molecule has 5 heteroatoms. The third kappa shape index (κ3) is 1.59. The van der Waals surface area contributed by atoms with Crippen molar-refractivity contribution >= 4 is 38.2 Å². The first kappa shape index (κ1) is 11.7. The summed E-state index contributed by atoms with van der Waals surface area (Å²) in [6.45, 7) is 2.43. The van der Waals surface area contributed by atoms with E-state index < -0.39 is 0 Å². The number of ether oxygens (including phenoxy) is 1. The summed E-state index contributed by atoms with van der Waals surface area (Å²) in [5.74, 6) is 0.647. The number of nitrogens with zero attached hydrogens (tertiary/aromatic N) is 1. The van der Waals surface area contributed by atoms with E-state index in [0.717, 1.165) is 21.0 Å². The maximum atomic E-state index is 12.2. The van der Waals surface area contributed by atoms with Crippen LogP contribution in [0.2, 0.25) is 0 Å². The Balaban J connectivity index is 2.09. The second-order valence-corrected chi connectivity index (χ2v) is 6.01. The minimum absolute atomic E-state index is 0.0188. The fourth-order valence-electron chi connectivity index (χ4n) is 2.55. The Morgan fingerprint density at radius 2 is 2.30 bits per heavy atom. The molecule has 0 saturated heterocycles. The van der Waals surface area contributed by atoms with Gasteiger partial charge in [0.25, 0.3) is 5.91 Å². The third-order valence-electron chi connectivity index (χ3n) is 3.45. The molecule has 1 N–H and O–H groups in total. The van der Waals surface area contributed by atoms with Crippen LogP contribution in [0.3, 0.4) is 0 Å². The smallest absolute Gasteiger partial charge is 0.265 e. The summed E-state index contributed by atoms with van der Waals surface area (Å²) in [7, 11) is 0. The van der Waals surface area contributed by atoms with E-state index in [4.69, 9.17) is 4.74 Å². The second kappa shape index (κ2) is 4.18. The van der Waals surface area contributed by atoms with Crippen molar-refractivity contribution in [3.8, 4) is 5.75 Å². The summed E-state index contributed by atoms with van der Waals surface area (Å²) in [5, 5.41) is 4.97. The van der Waals surface area contributed by atoms with Crippen molar-refractivity contribution in [1.82, 2.24) is 10.3 Å². The van der Waals surface area contributed by atoms with Gasteiger partial charge in [0, 0.05) is 21.7 Å². The second-order valence-electron chi connectivity index (χ2n) is 4.95. The Kier molecular flexibility index (Phi) is 2.44. The van der Waals surface area contributed by atoms with Gasteiger partial charge in [0.2, 0.25) is 0 Å². The van der Waals surface area contributed by atoms with Crippen LogP contribution in [0.25, 0.3) is 21.0 Å². The van der Waals surface area contributed by atoms with E-state index in [0.29, 0.717) is 17.2 Å². The van der Waals surface area contributed by atoms with E-state index in [1.54, 1.807) is 6.20 Å². The van der Waals surface area contributed by atoms with Gasteiger partial charge in [-0.1, -0.05) is 6.07 Å². The van der Waals surface area contributed by atoms with Crippen molar-refractivity contribution in [2.75, 3.05) is 6.61 Å². The van der Waals surface area contributed by atoms with Gasteiger partial charge in [-0.2, -0.15) is 0 Å². The molecule has 3 heterocycles. The van der Waals surface area contributed by atoms with Gasteiger partial charge in [-0.25, -0.2) is 0 Å². The first-order valence-electron chi connectivity index (χ1n) is 6.48. The number of hydrogen-bond donors (Lipinski definition) is 1. The number of hydrogen-bond acceptors (Lipinski definition) is 4. The molecule has 1 aliphatic heterocycles. The zero-order valence-corrected chi connectivity index (χ0v) is 11.7. The number of benzene rings is 1. The predicted molar refractivity (Wildman–Crippen MR) is 79.5 cm³/mol. The van der Waals surface area contributed by atoms with E-state index in [-0.39, 0.29) is 11.9 Å². The maximum Gasteiger partial charge on any atom is 0.265 e. The van der Waals surface area contributed by atoms with Crippen molar-refractivity contribution in [3.05, 3.63) is 35.3 Å². The van der Waals surface area contributed by atoms with Gasteiger partial charge < -0.3 is 10.1 Å². The van der Waals surface area contributed by atoms with Gasteiger partial charge in [0.1, 0.15) is 11.5 Å². The first-order chi connectivity index (χ1) is 9.74. The monoisotopic (exact) mass is 284 g/mol. The molecule has 20 heavy (non-hydrogen) atoms. The van der Waals surface area contributed by atoms with E-state index in [1.807, 2.05) is 31.2 Å². The van der Waals surface area contributed by atoms with Gasteiger partial charge >= 0.3 is 0 Å². The summed E-state index contributed by atoms with van der Waals surface area (Å²) >= 11 is 1.47. The molecule has 2 aromatic heterocycles. The molecule has 3 aromatic rings. The molecule has 0 unspecified atom stereocenters. The number of aromatic nitrogens is 1. The highest BCUT2D eigenvalue weighted by Crippen LogP contribution is 2.42. The highest BCUT2D eigenvalue weighted by Gasteiger charge is 2.26. The molecule has 0 radical (unpaired) electrons. The summed E-state index contributed by atoms with van der Waals surface area (Å²) in [6, 6.07) is 7.93. The molecule has 1 aromatic carbocycles.